The first-order valence-corrected chi connectivity index (χ1v) is 9.21. The van der Waals surface area contributed by atoms with Gasteiger partial charge in [-0.3, -0.25) is 9.59 Å². The summed E-state index contributed by atoms with van der Waals surface area (Å²) in [5.74, 6) is -2.32. The van der Waals surface area contributed by atoms with Gasteiger partial charge in [0.15, 0.2) is 0 Å². The Kier molecular flexibility index (Phi) is 5.72. The molecule has 2 aromatic carbocycles. The summed E-state index contributed by atoms with van der Waals surface area (Å²) in [6.07, 6.45) is -5.53. The van der Waals surface area contributed by atoms with E-state index in [0.29, 0.717) is 5.56 Å². The maximum absolute atomic E-state index is 12.9. The molecule has 1 saturated heterocycles. The molecular weight excluding hydrogens is 399 g/mol. The molecule has 5 nitrogen and oxygen atoms in total. The van der Waals surface area contributed by atoms with Crippen LogP contribution in [0.4, 0.5) is 13.2 Å². The number of halogens is 3. The first kappa shape index (κ1) is 21.6. The second-order valence-corrected chi connectivity index (χ2v) is 7.29. The van der Waals surface area contributed by atoms with Gasteiger partial charge in [0.25, 0.3) is 11.7 Å². The number of aryl methyl sites for hydroxylation is 1. The van der Waals surface area contributed by atoms with Crippen LogP contribution in [0.1, 0.15) is 35.2 Å². The van der Waals surface area contributed by atoms with Crippen molar-refractivity contribution in [3.63, 3.8) is 0 Å². The van der Waals surface area contributed by atoms with Crippen molar-refractivity contribution >= 4 is 17.4 Å². The number of benzene rings is 2. The molecule has 2 N–H and O–H groups in total. The van der Waals surface area contributed by atoms with Crippen LogP contribution in [-0.2, 0) is 15.8 Å². The van der Waals surface area contributed by atoms with Crippen molar-refractivity contribution in [2.45, 2.75) is 32.2 Å². The number of Topliss-reactive ketones (excluding diaryl/α,β-unsaturated/α-hetero) is 1. The molecule has 1 aliphatic rings. The van der Waals surface area contributed by atoms with Crippen LogP contribution in [0.5, 0.6) is 0 Å². The minimum Gasteiger partial charge on any atom is -0.507 e. The predicted molar refractivity (Wildman–Crippen MR) is 103 cm³/mol. The van der Waals surface area contributed by atoms with E-state index in [9.17, 15) is 33.0 Å². The fraction of sp³-hybridized carbons (Fsp3) is 0.273. The van der Waals surface area contributed by atoms with Gasteiger partial charge >= 0.3 is 6.18 Å². The molecule has 158 valence electrons. The lowest BCUT2D eigenvalue weighted by atomic mass is 9.94. The summed E-state index contributed by atoms with van der Waals surface area (Å²) in [6.45, 7) is 3.04. The number of hydrogen-bond donors (Lipinski definition) is 2. The molecule has 0 radical (unpaired) electrons. The topological polar surface area (TPSA) is 77.8 Å². The van der Waals surface area contributed by atoms with Crippen LogP contribution >= 0.6 is 0 Å². The Labute approximate surface area is 171 Å². The van der Waals surface area contributed by atoms with Gasteiger partial charge in [-0.2, -0.15) is 13.2 Å². The highest BCUT2D eigenvalue weighted by atomic mass is 19.4. The Bertz CT molecular complexity index is 993. The number of nitrogens with zero attached hydrogens (tertiary/aromatic N) is 1. The number of aliphatic hydroxyl groups excluding tert-OH is 2. The Hall–Kier alpha value is -3.13. The van der Waals surface area contributed by atoms with Crippen molar-refractivity contribution < 1.29 is 33.0 Å². The Morgan fingerprint density at radius 2 is 1.63 bits per heavy atom. The van der Waals surface area contributed by atoms with E-state index in [2.05, 4.69) is 0 Å². The van der Waals surface area contributed by atoms with Crippen molar-refractivity contribution in [3.8, 4) is 0 Å². The SMILES string of the molecule is Cc1ccc(C(O)=C2C(=O)C(=O)N(CC(C)O)C2c2ccc(C(F)(F)F)cc2)cc1. The molecule has 0 aliphatic carbocycles. The summed E-state index contributed by atoms with van der Waals surface area (Å²) in [4.78, 5) is 26.4. The number of amides is 1. The molecule has 2 aromatic rings. The first-order chi connectivity index (χ1) is 14.0. The minimum atomic E-state index is -4.54. The number of ketones is 1. The van der Waals surface area contributed by atoms with E-state index >= 15 is 0 Å². The Balaban J connectivity index is 2.16. The number of β-amino-alcohol motifs (C(OH)–C–C–N with tert-alkyl or cyclic N) is 1. The highest BCUT2D eigenvalue weighted by Gasteiger charge is 2.46. The van der Waals surface area contributed by atoms with Gasteiger partial charge in [-0.1, -0.05) is 42.0 Å². The monoisotopic (exact) mass is 419 g/mol. The molecule has 8 heteroatoms. The molecule has 2 unspecified atom stereocenters. The number of carbonyl (C=O) groups excluding carboxylic acids is 2. The van der Waals surface area contributed by atoms with Crippen LogP contribution in [0.3, 0.4) is 0 Å². The van der Waals surface area contributed by atoms with Gasteiger partial charge in [0.1, 0.15) is 5.76 Å². The molecule has 1 aliphatic heterocycles. The molecule has 1 fully saturated rings. The van der Waals surface area contributed by atoms with Crippen LogP contribution in [0, 0.1) is 6.92 Å². The van der Waals surface area contributed by atoms with Crippen LogP contribution in [0.25, 0.3) is 5.76 Å². The highest BCUT2D eigenvalue weighted by Crippen LogP contribution is 2.40. The van der Waals surface area contributed by atoms with Crippen molar-refractivity contribution in [3.05, 3.63) is 76.4 Å². The summed E-state index contributed by atoms with van der Waals surface area (Å²) >= 11 is 0. The normalized spacial score (nSPS) is 19.9. The summed E-state index contributed by atoms with van der Waals surface area (Å²) in [6, 6.07) is 9.50. The molecule has 1 amide bonds. The highest BCUT2D eigenvalue weighted by molar-refractivity contribution is 6.46. The quantitative estimate of drug-likeness (QED) is 0.449. The van der Waals surface area contributed by atoms with Crippen molar-refractivity contribution in [1.29, 1.82) is 0 Å². The standard InChI is InChI=1S/C22H20F3NO4/c1-12-3-5-15(6-4-12)19(28)17-18(26(11-13(2)27)21(30)20(17)29)14-7-9-16(10-8-14)22(23,24)25/h3-10,13,18,27-28H,11H2,1-2H3. The summed E-state index contributed by atoms with van der Waals surface area (Å²) < 4.78 is 38.8. The Morgan fingerprint density at radius 3 is 2.13 bits per heavy atom. The van der Waals surface area contributed by atoms with E-state index in [1.807, 2.05) is 6.92 Å². The van der Waals surface area contributed by atoms with Crippen molar-refractivity contribution in [2.75, 3.05) is 6.54 Å². The third-order valence-electron chi connectivity index (χ3n) is 4.88. The zero-order valence-electron chi connectivity index (χ0n) is 16.3. The second-order valence-electron chi connectivity index (χ2n) is 7.29. The summed E-state index contributed by atoms with van der Waals surface area (Å²) in [7, 11) is 0. The lowest BCUT2D eigenvalue weighted by molar-refractivity contribution is -0.140. The largest absolute Gasteiger partial charge is 0.507 e. The van der Waals surface area contributed by atoms with Gasteiger partial charge in [-0.25, -0.2) is 0 Å². The molecule has 1 heterocycles. The van der Waals surface area contributed by atoms with Crippen LogP contribution in [-0.4, -0.2) is 39.5 Å². The molecule has 2 atom stereocenters. The lowest BCUT2D eigenvalue weighted by Crippen LogP contribution is -2.35. The van der Waals surface area contributed by atoms with E-state index < -0.39 is 41.3 Å². The Morgan fingerprint density at radius 1 is 1.07 bits per heavy atom. The van der Waals surface area contributed by atoms with Gasteiger partial charge in [0.05, 0.1) is 23.3 Å². The van der Waals surface area contributed by atoms with E-state index in [0.717, 1.165) is 34.7 Å². The average molecular weight is 419 g/mol. The maximum atomic E-state index is 12.9. The van der Waals surface area contributed by atoms with Crippen LogP contribution < -0.4 is 0 Å². The van der Waals surface area contributed by atoms with Crippen molar-refractivity contribution in [1.82, 2.24) is 4.90 Å². The minimum absolute atomic E-state index is 0.219. The summed E-state index contributed by atoms with van der Waals surface area (Å²) in [5, 5.41) is 20.6. The molecule has 0 spiro atoms. The van der Waals surface area contributed by atoms with Crippen molar-refractivity contribution in [2.24, 2.45) is 0 Å². The summed E-state index contributed by atoms with van der Waals surface area (Å²) in [5.41, 5.74) is 0.325. The fourth-order valence-electron chi connectivity index (χ4n) is 3.42. The number of likely N-dealkylation sites (tertiary alicyclic amines) is 1. The number of hydrogen-bond acceptors (Lipinski definition) is 4. The molecule has 0 bridgehead atoms. The maximum Gasteiger partial charge on any atom is 0.416 e. The molecule has 0 aromatic heterocycles. The zero-order valence-corrected chi connectivity index (χ0v) is 16.3. The lowest BCUT2D eigenvalue weighted by Gasteiger charge is -2.26. The van der Waals surface area contributed by atoms with Gasteiger partial charge in [0, 0.05) is 12.1 Å². The van der Waals surface area contributed by atoms with Gasteiger partial charge in [-0.15, -0.1) is 0 Å². The van der Waals surface area contributed by atoms with E-state index in [-0.39, 0.29) is 17.7 Å². The van der Waals surface area contributed by atoms with Crippen LogP contribution in [0.2, 0.25) is 0 Å². The third-order valence-corrected chi connectivity index (χ3v) is 4.88. The zero-order chi connectivity index (χ0) is 22.2. The van der Waals surface area contributed by atoms with Gasteiger partial charge in [0.2, 0.25) is 0 Å². The number of carbonyl (C=O) groups is 2. The second kappa shape index (κ2) is 7.95. The van der Waals surface area contributed by atoms with Gasteiger partial charge in [-0.05, 0) is 31.5 Å². The fourth-order valence-corrected chi connectivity index (χ4v) is 3.42. The van der Waals surface area contributed by atoms with Gasteiger partial charge < -0.3 is 15.1 Å². The van der Waals surface area contributed by atoms with E-state index in [4.69, 9.17) is 0 Å². The number of alkyl halides is 3. The molecule has 0 saturated carbocycles. The smallest absolute Gasteiger partial charge is 0.416 e. The molecule has 30 heavy (non-hydrogen) atoms. The predicted octanol–water partition coefficient (Wildman–Crippen LogP) is 3.82. The third kappa shape index (κ3) is 4.09. The average Bonchev–Trinajstić information content (AvgIpc) is 2.92. The molecule has 3 rings (SSSR count). The molecular formula is C22H20F3NO4. The van der Waals surface area contributed by atoms with E-state index in [1.54, 1.807) is 24.3 Å². The van der Waals surface area contributed by atoms with Crippen LogP contribution in [0.15, 0.2) is 54.1 Å². The number of rotatable bonds is 4. The number of aliphatic hydroxyl groups is 2. The first-order valence-electron chi connectivity index (χ1n) is 9.21. The van der Waals surface area contributed by atoms with E-state index in [1.165, 1.54) is 6.92 Å².